The van der Waals surface area contributed by atoms with Crippen LogP contribution in [0.25, 0.3) is 0 Å². The highest BCUT2D eigenvalue weighted by atomic mass is 79.9. The molecule has 2 rings (SSSR count). The molecule has 1 fully saturated rings. The van der Waals surface area contributed by atoms with E-state index in [4.69, 9.17) is 20.8 Å². The van der Waals surface area contributed by atoms with E-state index >= 15 is 0 Å². The zero-order chi connectivity index (χ0) is 14.3. The second-order valence-electron chi connectivity index (χ2n) is 4.93. The molecule has 0 unspecified atom stereocenters. The Kier molecular flexibility index (Phi) is 4.32. The first kappa shape index (κ1) is 15.3. The molecule has 8 heteroatoms. The van der Waals surface area contributed by atoms with Crippen LogP contribution in [0.2, 0.25) is 0 Å². The number of ether oxygens (including phenoxy) is 1. The zero-order valence-electron chi connectivity index (χ0n) is 10.7. The van der Waals surface area contributed by atoms with Crippen LogP contribution >= 0.6 is 27.5 Å². The molecular formula is C11H15BrClNO4S. The van der Waals surface area contributed by atoms with Gasteiger partial charge in [0.25, 0.3) is 0 Å². The Balaban J connectivity index is 2.43. The second-order valence-corrected chi connectivity index (χ2v) is 7.74. The molecule has 0 N–H and O–H groups in total. The van der Waals surface area contributed by atoms with Crippen LogP contribution in [0.15, 0.2) is 20.0 Å². The van der Waals surface area contributed by atoms with Crippen molar-refractivity contribution < 1.29 is 17.6 Å². The first-order valence-electron chi connectivity index (χ1n) is 5.74. The standard InChI is InChI=1S/C11H15BrClNO4S/c1-11(2)7-17-4-3-14(11)19(15,16)9-5-8(6-13)18-10(9)12/h5H,3-4,6-7H2,1-2H3. The van der Waals surface area contributed by atoms with E-state index in [1.807, 2.05) is 13.8 Å². The van der Waals surface area contributed by atoms with Gasteiger partial charge in [-0.2, -0.15) is 4.31 Å². The molecule has 0 bridgehead atoms. The van der Waals surface area contributed by atoms with E-state index in [0.29, 0.717) is 25.5 Å². The summed E-state index contributed by atoms with van der Waals surface area (Å²) in [5.74, 6) is 0.541. The third-order valence-electron chi connectivity index (χ3n) is 2.98. The number of morpholine rings is 1. The summed E-state index contributed by atoms with van der Waals surface area (Å²) in [4.78, 5) is 0.109. The van der Waals surface area contributed by atoms with Gasteiger partial charge in [-0.25, -0.2) is 8.42 Å². The number of furan rings is 1. The molecule has 0 aliphatic carbocycles. The molecule has 1 aliphatic rings. The molecule has 19 heavy (non-hydrogen) atoms. The number of alkyl halides is 1. The number of rotatable bonds is 3. The lowest BCUT2D eigenvalue weighted by molar-refractivity contribution is -0.00774. The molecule has 1 aromatic rings. The summed E-state index contributed by atoms with van der Waals surface area (Å²) in [6.07, 6.45) is 0. The minimum atomic E-state index is -3.64. The topological polar surface area (TPSA) is 59.8 Å². The Bertz CT molecular complexity index is 569. The number of hydrogen-bond donors (Lipinski definition) is 0. The van der Waals surface area contributed by atoms with Gasteiger partial charge in [-0.05, 0) is 29.8 Å². The van der Waals surface area contributed by atoms with Crippen molar-refractivity contribution in [1.29, 1.82) is 0 Å². The van der Waals surface area contributed by atoms with Crippen molar-refractivity contribution >= 4 is 37.6 Å². The van der Waals surface area contributed by atoms with Crippen LogP contribution in [-0.4, -0.2) is 38.0 Å². The van der Waals surface area contributed by atoms with Crippen molar-refractivity contribution in [2.24, 2.45) is 0 Å². The summed E-state index contributed by atoms with van der Waals surface area (Å²) in [7, 11) is -3.64. The fourth-order valence-electron chi connectivity index (χ4n) is 2.05. The van der Waals surface area contributed by atoms with E-state index < -0.39 is 15.6 Å². The van der Waals surface area contributed by atoms with Crippen molar-refractivity contribution in [2.75, 3.05) is 19.8 Å². The van der Waals surface area contributed by atoms with Gasteiger partial charge in [0.15, 0.2) is 4.67 Å². The molecule has 1 saturated heterocycles. The Morgan fingerprint density at radius 2 is 2.21 bits per heavy atom. The molecular weight excluding hydrogens is 358 g/mol. The molecule has 0 atom stereocenters. The minimum absolute atomic E-state index is 0.109. The maximum Gasteiger partial charge on any atom is 0.248 e. The van der Waals surface area contributed by atoms with Gasteiger partial charge < -0.3 is 9.15 Å². The van der Waals surface area contributed by atoms with E-state index in [9.17, 15) is 8.42 Å². The maximum absolute atomic E-state index is 12.7. The second kappa shape index (κ2) is 5.37. The smallest absolute Gasteiger partial charge is 0.248 e. The molecule has 0 spiro atoms. The zero-order valence-corrected chi connectivity index (χ0v) is 13.8. The average Bonchev–Trinajstić information content (AvgIpc) is 2.70. The van der Waals surface area contributed by atoms with Crippen LogP contribution in [0, 0.1) is 0 Å². The largest absolute Gasteiger partial charge is 0.452 e. The van der Waals surface area contributed by atoms with Gasteiger partial charge in [0.05, 0.1) is 24.6 Å². The average molecular weight is 373 g/mol. The number of halogens is 2. The predicted molar refractivity (Wildman–Crippen MR) is 74.8 cm³/mol. The van der Waals surface area contributed by atoms with E-state index in [0.717, 1.165) is 0 Å². The van der Waals surface area contributed by atoms with Gasteiger partial charge in [-0.1, -0.05) is 0 Å². The third kappa shape index (κ3) is 2.85. The van der Waals surface area contributed by atoms with Crippen LogP contribution in [0.4, 0.5) is 0 Å². The number of nitrogens with zero attached hydrogens (tertiary/aromatic N) is 1. The van der Waals surface area contributed by atoms with Crippen LogP contribution in [0.5, 0.6) is 0 Å². The lowest BCUT2D eigenvalue weighted by Gasteiger charge is -2.40. The van der Waals surface area contributed by atoms with Crippen LogP contribution < -0.4 is 0 Å². The molecule has 0 saturated carbocycles. The highest BCUT2D eigenvalue weighted by Gasteiger charge is 2.41. The molecule has 2 heterocycles. The van der Waals surface area contributed by atoms with Gasteiger partial charge in [0.1, 0.15) is 10.7 Å². The lowest BCUT2D eigenvalue weighted by Crippen LogP contribution is -2.55. The summed E-state index contributed by atoms with van der Waals surface area (Å²) >= 11 is 8.80. The maximum atomic E-state index is 12.7. The molecule has 1 aliphatic heterocycles. The highest BCUT2D eigenvalue weighted by molar-refractivity contribution is 9.10. The minimum Gasteiger partial charge on any atom is -0.452 e. The number of sulfonamides is 1. The molecule has 1 aromatic heterocycles. The SMILES string of the molecule is CC1(C)COCCN1S(=O)(=O)c1cc(CCl)oc1Br. The summed E-state index contributed by atoms with van der Waals surface area (Å²) in [6, 6.07) is 1.46. The molecule has 0 aromatic carbocycles. The van der Waals surface area contributed by atoms with Crippen LogP contribution in [0.3, 0.4) is 0 Å². The molecule has 0 radical (unpaired) electrons. The van der Waals surface area contributed by atoms with E-state index in [2.05, 4.69) is 15.9 Å². The first-order chi connectivity index (χ1) is 8.79. The summed E-state index contributed by atoms with van der Waals surface area (Å²) in [6.45, 7) is 4.74. The molecule has 5 nitrogen and oxygen atoms in total. The quantitative estimate of drug-likeness (QED) is 0.765. The fraction of sp³-hybridized carbons (Fsp3) is 0.636. The van der Waals surface area contributed by atoms with Crippen molar-refractivity contribution in [2.45, 2.75) is 30.2 Å². The van der Waals surface area contributed by atoms with Crippen molar-refractivity contribution in [3.8, 4) is 0 Å². The third-order valence-corrected chi connectivity index (χ3v) is 6.21. The Morgan fingerprint density at radius 3 is 2.74 bits per heavy atom. The highest BCUT2D eigenvalue weighted by Crippen LogP contribution is 2.33. The van der Waals surface area contributed by atoms with E-state index in [1.54, 1.807) is 0 Å². The fourth-order valence-corrected chi connectivity index (χ4v) is 4.90. The Morgan fingerprint density at radius 1 is 1.53 bits per heavy atom. The van der Waals surface area contributed by atoms with Gasteiger partial charge in [0.2, 0.25) is 10.0 Å². The monoisotopic (exact) mass is 371 g/mol. The van der Waals surface area contributed by atoms with Crippen molar-refractivity contribution in [1.82, 2.24) is 4.31 Å². The van der Waals surface area contributed by atoms with Gasteiger partial charge in [-0.3, -0.25) is 0 Å². The number of hydrogen-bond acceptors (Lipinski definition) is 4. The van der Waals surface area contributed by atoms with Gasteiger partial charge in [-0.15, -0.1) is 11.6 Å². The first-order valence-corrected chi connectivity index (χ1v) is 8.50. The lowest BCUT2D eigenvalue weighted by atomic mass is 10.1. The summed E-state index contributed by atoms with van der Waals surface area (Å²) < 4.78 is 37.6. The Labute approximate surface area is 126 Å². The molecule has 108 valence electrons. The van der Waals surface area contributed by atoms with E-state index in [1.165, 1.54) is 10.4 Å². The van der Waals surface area contributed by atoms with Crippen molar-refractivity contribution in [3.63, 3.8) is 0 Å². The van der Waals surface area contributed by atoms with E-state index in [-0.39, 0.29) is 15.4 Å². The molecule has 0 amide bonds. The van der Waals surface area contributed by atoms with Crippen molar-refractivity contribution in [3.05, 3.63) is 16.5 Å². The Hall–Kier alpha value is -0.0800. The summed E-state index contributed by atoms with van der Waals surface area (Å²) in [5.41, 5.74) is -0.588. The predicted octanol–water partition coefficient (Wildman–Crippen LogP) is 2.58. The van der Waals surface area contributed by atoms with Gasteiger partial charge >= 0.3 is 0 Å². The van der Waals surface area contributed by atoms with Crippen LogP contribution in [0.1, 0.15) is 19.6 Å². The van der Waals surface area contributed by atoms with Crippen LogP contribution in [-0.2, 0) is 20.6 Å². The van der Waals surface area contributed by atoms with Gasteiger partial charge in [0, 0.05) is 12.6 Å². The summed E-state index contributed by atoms with van der Waals surface area (Å²) in [5, 5.41) is 0. The normalized spacial score (nSPS) is 20.6.